The zero-order valence-electron chi connectivity index (χ0n) is 9.02. The molecule has 1 atom stereocenters. The molecule has 84 valence electrons. The fourth-order valence-corrected chi connectivity index (χ4v) is 1.28. The lowest BCUT2D eigenvalue weighted by Gasteiger charge is -2.13. The van der Waals surface area contributed by atoms with E-state index in [1.165, 1.54) is 5.56 Å². The molecule has 4 nitrogen and oxygen atoms in total. The topological polar surface area (TPSA) is 54.4 Å². The van der Waals surface area contributed by atoms with E-state index in [1.807, 2.05) is 12.1 Å². The molecule has 0 amide bonds. The highest BCUT2D eigenvalue weighted by Crippen LogP contribution is 2.09. The Kier molecular flexibility index (Phi) is 5.92. The summed E-state index contributed by atoms with van der Waals surface area (Å²) in [6.45, 7) is 3.99. The van der Waals surface area contributed by atoms with Crippen LogP contribution in [-0.4, -0.2) is 36.5 Å². The number of nitrogens with zero attached hydrogens (tertiary/aromatic N) is 1. The van der Waals surface area contributed by atoms with Crippen molar-refractivity contribution < 1.29 is 9.84 Å². The molecule has 1 rings (SSSR count). The van der Waals surface area contributed by atoms with Crippen molar-refractivity contribution in [3.05, 3.63) is 30.1 Å². The number of aliphatic hydroxyl groups is 1. The van der Waals surface area contributed by atoms with Gasteiger partial charge in [-0.2, -0.15) is 0 Å². The lowest BCUT2D eigenvalue weighted by atomic mass is 10.1. The summed E-state index contributed by atoms with van der Waals surface area (Å²) in [7, 11) is 0. The second kappa shape index (κ2) is 7.34. The van der Waals surface area contributed by atoms with Crippen molar-refractivity contribution >= 4 is 0 Å². The van der Waals surface area contributed by atoms with E-state index in [0.29, 0.717) is 19.3 Å². The van der Waals surface area contributed by atoms with E-state index < -0.39 is 0 Å². The van der Waals surface area contributed by atoms with E-state index in [-0.39, 0.29) is 6.61 Å². The fraction of sp³-hybridized carbons (Fsp3) is 0.545. The molecular weight excluding hydrogens is 192 g/mol. The molecule has 0 saturated carbocycles. The van der Waals surface area contributed by atoms with Gasteiger partial charge in [0.1, 0.15) is 0 Å². The molecule has 0 spiro atoms. The van der Waals surface area contributed by atoms with E-state index >= 15 is 0 Å². The van der Waals surface area contributed by atoms with Gasteiger partial charge in [-0.05, 0) is 24.6 Å². The van der Waals surface area contributed by atoms with Crippen LogP contribution in [0.5, 0.6) is 0 Å². The lowest BCUT2D eigenvalue weighted by Crippen LogP contribution is -2.23. The van der Waals surface area contributed by atoms with Crippen LogP contribution in [0.15, 0.2) is 24.5 Å². The Balaban J connectivity index is 2.16. The molecule has 2 N–H and O–H groups in total. The summed E-state index contributed by atoms with van der Waals surface area (Å²) in [5.74, 6) is 0. The second-order valence-electron chi connectivity index (χ2n) is 3.29. The second-order valence-corrected chi connectivity index (χ2v) is 3.29. The predicted molar refractivity (Wildman–Crippen MR) is 58.6 cm³/mol. The molecule has 1 unspecified atom stereocenters. The molecule has 0 saturated heterocycles. The number of hydrogen-bond donors (Lipinski definition) is 2. The highest BCUT2D eigenvalue weighted by atomic mass is 16.5. The molecule has 0 fully saturated rings. The Labute approximate surface area is 90.3 Å². The van der Waals surface area contributed by atoms with Crippen LogP contribution < -0.4 is 5.32 Å². The summed E-state index contributed by atoms with van der Waals surface area (Å²) in [4.78, 5) is 3.97. The Morgan fingerprint density at radius 3 is 2.80 bits per heavy atom. The summed E-state index contributed by atoms with van der Waals surface area (Å²) in [5.41, 5.74) is 1.21. The average molecular weight is 210 g/mol. The zero-order valence-corrected chi connectivity index (χ0v) is 9.02. The minimum atomic E-state index is 0.0832. The lowest BCUT2D eigenvalue weighted by molar-refractivity contribution is 0.0928. The first kappa shape index (κ1) is 12.1. The summed E-state index contributed by atoms with van der Waals surface area (Å²) in [6, 6.07) is 4.28. The van der Waals surface area contributed by atoms with Gasteiger partial charge in [0.2, 0.25) is 0 Å². The van der Waals surface area contributed by atoms with Crippen molar-refractivity contribution in [3.63, 3.8) is 0 Å². The van der Waals surface area contributed by atoms with Crippen molar-refractivity contribution in [2.75, 3.05) is 26.4 Å². The molecule has 0 radical (unpaired) electrons. The van der Waals surface area contributed by atoms with Gasteiger partial charge in [-0.15, -0.1) is 0 Å². The molecule has 0 aliphatic heterocycles. The van der Waals surface area contributed by atoms with Gasteiger partial charge in [0.15, 0.2) is 0 Å². The molecule has 0 aromatic carbocycles. The summed E-state index contributed by atoms with van der Waals surface area (Å²) < 4.78 is 5.14. The average Bonchev–Trinajstić information content (AvgIpc) is 2.30. The van der Waals surface area contributed by atoms with Gasteiger partial charge in [-0.25, -0.2) is 0 Å². The SMILES string of the molecule is CC(NCCOCCO)c1ccncc1. The van der Waals surface area contributed by atoms with Gasteiger partial charge in [-0.1, -0.05) is 0 Å². The molecule has 0 aliphatic rings. The Morgan fingerprint density at radius 1 is 1.40 bits per heavy atom. The molecule has 1 aromatic heterocycles. The summed E-state index contributed by atoms with van der Waals surface area (Å²) >= 11 is 0. The fourth-order valence-electron chi connectivity index (χ4n) is 1.28. The minimum absolute atomic E-state index is 0.0832. The Morgan fingerprint density at radius 2 is 2.13 bits per heavy atom. The van der Waals surface area contributed by atoms with Gasteiger partial charge < -0.3 is 15.2 Å². The number of hydrogen-bond acceptors (Lipinski definition) is 4. The number of pyridine rings is 1. The standard InChI is InChI=1S/C11H18N2O2/c1-10(11-2-4-12-5-3-11)13-6-8-15-9-7-14/h2-5,10,13-14H,6-9H2,1H3. The van der Waals surface area contributed by atoms with Crippen LogP contribution in [0.2, 0.25) is 0 Å². The van der Waals surface area contributed by atoms with Crippen molar-refractivity contribution in [1.29, 1.82) is 0 Å². The first-order chi connectivity index (χ1) is 7.34. The van der Waals surface area contributed by atoms with Gasteiger partial charge >= 0.3 is 0 Å². The monoisotopic (exact) mass is 210 g/mol. The molecule has 0 aliphatic carbocycles. The van der Waals surface area contributed by atoms with Crippen molar-refractivity contribution in [3.8, 4) is 0 Å². The van der Waals surface area contributed by atoms with E-state index in [4.69, 9.17) is 9.84 Å². The van der Waals surface area contributed by atoms with Gasteiger partial charge in [0.05, 0.1) is 19.8 Å². The minimum Gasteiger partial charge on any atom is -0.394 e. The van der Waals surface area contributed by atoms with Gasteiger partial charge in [0.25, 0.3) is 0 Å². The van der Waals surface area contributed by atoms with Gasteiger partial charge in [0, 0.05) is 25.0 Å². The van der Waals surface area contributed by atoms with Crippen LogP contribution in [-0.2, 0) is 4.74 Å². The first-order valence-electron chi connectivity index (χ1n) is 5.16. The summed E-state index contributed by atoms with van der Waals surface area (Å²) in [6.07, 6.45) is 3.57. The normalized spacial score (nSPS) is 12.7. The highest BCUT2D eigenvalue weighted by molar-refractivity contribution is 5.13. The summed E-state index contributed by atoms with van der Waals surface area (Å²) in [5, 5.41) is 11.8. The largest absolute Gasteiger partial charge is 0.394 e. The van der Waals surface area contributed by atoms with Crippen molar-refractivity contribution in [2.24, 2.45) is 0 Å². The van der Waals surface area contributed by atoms with Crippen LogP contribution >= 0.6 is 0 Å². The molecule has 1 aromatic rings. The van der Waals surface area contributed by atoms with E-state index in [2.05, 4.69) is 17.2 Å². The number of ether oxygens (including phenoxy) is 1. The van der Waals surface area contributed by atoms with Crippen molar-refractivity contribution in [1.82, 2.24) is 10.3 Å². The molecular formula is C11H18N2O2. The third kappa shape index (κ3) is 4.88. The van der Waals surface area contributed by atoms with Crippen LogP contribution in [0.25, 0.3) is 0 Å². The smallest absolute Gasteiger partial charge is 0.0698 e. The molecule has 15 heavy (non-hydrogen) atoms. The maximum Gasteiger partial charge on any atom is 0.0698 e. The number of aromatic nitrogens is 1. The predicted octanol–water partition coefficient (Wildman–Crippen LogP) is 0.741. The van der Waals surface area contributed by atoms with E-state index in [9.17, 15) is 0 Å². The maximum absolute atomic E-state index is 8.50. The Hall–Kier alpha value is -0.970. The van der Waals surface area contributed by atoms with Crippen LogP contribution in [0, 0.1) is 0 Å². The van der Waals surface area contributed by atoms with E-state index in [1.54, 1.807) is 12.4 Å². The highest BCUT2D eigenvalue weighted by Gasteiger charge is 2.02. The van der Waals surface area contributed by atoms with Crippen molar-refractivity contribution in [2.45, 2.75) is 13.0 Å². The quantitative estimate of drug-likeness (QED) is 0.652. The first-order valence-corrected chi connectivity index (χ1v) is 5.16. The van der Waals surface area contributed by atoms with Gasteiger partial charge in [-0.3, -0.25) is 4.98 Å². The Bertz CT molecular complexity index is 254. The van der Waals surface area contributed by atoms with Crippen LogP contribution in [0.4, 0.5) is 0 Å². The molecule has 4 heteroatoms. The third-order valence-electron chi connectivity index (χ3n) is 2.14. The number of aliphatic hydroxyl groups excluding tert-OH is 1. The zero-order chi connectivity index (χ0) is 10.9. The van der Waals surface area contributed by atoms with E-state index in [0.717, 1.165) is 6.54 Å². The van der Waals surface area contributed by atoms with Crippen LogP contribution in [0.3, 0.4) is 0 Å². The molecule has 0 bridgehead atoms. The van der Waals surface area contributed by atoms with Crippen LogP contribution in [0.1, 0.15) is 18.5 Å². The number of nitrogens with one attached hydrogen (secondary N) is 1. The molecule has 1 heterocycles. The number of rotatable bonds is 7. The maximum atomic E-state index is 8.50. The third-order valence-corrected chi connectivity index (χ3v) is 2.14.